The molecule has 1 aliphatic heterocycles. The van der Waals surface area contributed by atoms with Gasteiger partial charge in [-0.05, 0) is 30.2 Å². The fourth-order valence-electron chi connectivity index (χ4n) is 2.62. The SMILES string of the molecule is CCCc1c(C(=O)O)c(OC2C=CC=CO2)nc2ccccc12. The van der Waals surface area contributed by atoms with Crippen LogP contribution in [0.15, 0.2) is 48.8 Å². The average Bonchev–Trinajstić information content (AvgIpc) is 2.55. The third-order valence-electron chi connectivity index (χ3n) is 3.58. The molecule has 1 atom stereocenters. The quantitative estimate of drug-likeness (QED) is 0.912. The van der Waals surface area contributed by atoms with Crippen LogP contribution in [0.25, 0.3) is 10.9 Å². The van der Waals surface area contributed by atoms with Crippen molar-refractivity contribution in [2.24, 2.45) is 0 Å². The molecule has 0 amide bonds. The highest BCUT2D eigenvalue weighted by atomic mass is 16.7. The molecule has 5 nitrogen and oxygen atoms in total. The van der Waals surface area contributed by atoms with Crippen molar-refractivity contribution in [3.8, 4) is 5.88 Å². The van der Waals surface area contributed by atoms with Crippen molar-refractivity contribution in [2.45, 2.75) is 26.1 Å². The zero-order valence-electron chi connectivity index (χ0n) is 12.7. The molecule has 0 saturated carbocycles. The number of fused-ring (bicyclic) bond motifs is 1. The van der Waals surface area contributed by atoms with E-state index in [-0.39, 0.29) is 11.4 Å². The van der Waals surface area contributed by atoms with Gasteiger partial charge in [0.15, 0.2) is 0 Å². The summed E-state index contributed by atoms with van der Waals surface area (Å²) in [5.74, 6) is -0.957. The molecular weight excluding hydrogens is 294 g/mol. The molecule has 3 rings (SSSR count). The van der Waals surface area contributed by atoms with Gasteiger partial charge in [-0.1, -0.05) is 37.6 Å². The molecule has 0 bridgehead atoms. The number of benzene rings is 1. The molecule has 0 fully saturated rings. The first-order valence-corrected chi connectivity index (χ1v) is 7.51. The molecule has 1 aliphatic rings. The standard InChI is InChI=1S/C18H17NO4/c1-2-7-13-12-8-3-4-9-14(12)19-17(16(13)18(20)21)23-15-10-5-6-11-22-15/h3-6,8-11,15H,2,7H2,1H3,(H,20,21). The smallest absolute Gasteiger partial charge is 0.341 e. The lowest BCUT2D eigenvalue weighted by Gasteiger charge is -2.19. The summed E-state index contributed by atoms with van der Waals surface area (Å²) in [4.78, 5) is 16.2. The Hall–Kier alpha value is -2.82. The van der Waals surface area contributed by atoms with Crippen molar-refractivity contribution in [2.75, 3.05) is 0 Å². The molecule has 23 heavy (non-hydrogen) atoms. The minimum atomic E-state index is -1.04. The van der Waals surface area contributed by atoms with Crippen LogP contribution in [-0.4, -0.2) is 22.3 Å². The Morgan fingerprint density at radius 1 is 1.35 bits per heavy atom. The lowest BCUT2D eigenvalue weighted by atomic mass is 9.99. The molecule has 1 unspecified atom stereocenters. The van der Waals surface area contributed by atoms with Gasteiger partial charge in [0.25, 0.3) is 6.29 Å². The van der Waals surface area contributed by atoms with E-state index >= 15 is 0 Å². The predicted octanol–water partition coefficient (Wildman–Crippen LogP) is 3.69. The van der Waals surface area contributed by atoms with Crippen LogP contribution < -0.4 is 4.74 Å². The Labute approximate surface area is 133 Å². The maximum atomic E-state index is 11.8. The van der Waals surface area contributed by atoms with Crippen molar-refractivity contribution >= 4 is 16.9 Å². The molecule has 118 valence electrons. The summed E-state index contributed by atoms with van der Waals surface area (Å²) >= 11 is 0. The zero-order valence-corrected chi connectivity index (χ0v) is 12.7. The number of carboxylic acid groups (broad SMARTS) is 1. The molecule has 1 N–H and O–H groups in total. The zero-order chi connectivity index (χ0) is 16.2. The maximum absolute atomic E-state index is 11.8. The number of hydrogen-bond donors (Lipinski definition) is 1. The van der Waals surface area contributed by atoms with E-state index in [1.54, 1.807) is 18.2 Å². The number of rotatable bonds is 5. The van der Waals surface area contributed by atoms with E-state index in [0.29, 0.717) is 11.9 Å². The Morgan fingerprint density at radius 3 is 2.87 bits per heavy atom. The summed E-state index contributed by atoms with van der Waals surface area (Å²) in [7, 11) is 0. The normalized spacial score (nSPS) is 16.3. The molecule has 0 radical (unpaired) electrons. The van der Waals surface area contributed by atoms with Gasteiger partial charge in [0, 0.05) is 5.39 Å². The van der Waals surface area contributed by atoms with Crippen molar-refractivity contribution < 1.29 is 19.4 Å². The first-order chi connectivity index (χ1) is 11.2. The number of nitrogens with zero attached hydrogens (tertiary/aromatic N) is 1. The minimum Gasteiger partial charge on any atom is -0.477 e. The molecule has 0 spiro atoms. The topological polar surface area (TPSA) is 68.7 Å². The molecule has 0 saturated heterocycles. The molecule has 1 aromatic heterocycles. The van der Waals surface area contributed by atoms with Gasteiger partial charge < -0.3 is 14.6 Å². The molecule has 2 aromatic rings. The van der Waals surface area contributed by atoms with Gasteiger partial charge in [0.1, 0.15) is 5.56 Å². The van der Waals surface area contributed by atoms with E-state index in [1.165, 1.54) is 6.26 Å². The lowest BCUT2D eigenvalue weighted by Crippen LogP contribution is -2.20. The van der Waals surface area contributed by atoms with E-state index < -0.39 is 12.3 Å². The summed E-state index contributed by atoms with van der Waals surface area (Å²) in [6, 6.07) is 7.50. The summed E-state index contributed by atoms with van der Waals surface area (Å²) in [6.07, 6.45) is 7.50. The summed E-state index contributed by atoms with van der Waals surface area (Å²) in [6.45, 7) is 2.01. The van der Waals surface area contributed by atoms with Gasteiger partial charge in [-0.25, -0.2) is 9.78 Å². The predicted molar refractivity (Wildman–Crippen MR) is 86.5 cm³/mol. The number of carbonyl (C=O) groups is 1. The number of para-hydroxylation sites is 1. The van der Waals surface area contributed by atoms with E-state index in [2.05, 4.69) is 4.98 Å². The van der Waals surface area contributed by atoms with Crippen LogP contribution in [0.5, 0.6) is 5.88 Å². The summed E-state index contributed by atoms with van der Waals surface area (Å²) < 4.78 is 11.0. The Kier molecular flexibility index (Phi) is 4.28. The minimum absolute atomic E-state index is 0.0876. The molecular formula is C18H17NO4. The summed E-state index contributed by atoms with van der Waals surface area (Å²) in [5.41, 5.74) is 1.57. The number of ether oxygens (including phenoxy) is 2. The lowest BCUT2D eigenvalue weighted by molar-refractivity contribution is 0.00378. The van der Waals surface area contributed by atoms with E-state index in [4.69, 9.17) is 9.47 Å². The number of aromatic nitrogens is 1. The number of hydrogen-bond acceptors (Lipinski definition) is 4. The van der Waals surface area contributed by atoms with Gasteiger partial charge in [0.05, 0.1) is 11.8 Å². The van der Waals surface area contributed by atoms with Crippen LogP contribution >= 0.6 is 0 Å². The number of aryl methyl sites for hydroxylation is 1. The van der Waals surface area contributed by atoms with Crippen LogP contribution in [0.2, 0.25) is 0 Å². The van der Waals surface area contributed by atoms with Gasteiger partial charge >= 0.3 is 5.97 Å². The second-order valence-electron chi connectivity index (χ2n) is 5.18. The first-order valence-electron chi connectivity index (χ1n) is 7.51. The first kappa shape index (κ1) is 15.1. The van der Waals surface area contributed by atoms with Crippen LogP contribution in [0.4, 0.5) is 0 Å². The molecule has 1 aromatic carbocycles. The highest BCUT2D eigenvalue weighted by molar-refractivity contribution is 5.98. The van der Waals surface area contributed by atoms with Crippen molar-refractivity contribution in [3.05, 3.63) is 59.9 Å². The fourth-order valence-corrected chi connectivity index (χ4v) is 2.62. The Morgan fingerprint density at radius 2 is 2.17 bits per heavy atom. The van der Waals surface area contributed by atoms with Crippen LogP contribution in [0.3, 0.4) is 0 Å². The number of aromatic carboxylic acids is 1. The second-order valence-corrected chi connectivity index (χ2v) is 5.18. The van der Waals surface area contributed by atoms with E-state index in [1.807, 2.05) is 31.2 Å². The van der Waals surface area contributed by atoms with Gasteiger partial charge in [-0.15, -0.1) is 0 Å². The molecule has 2 heterocycles. The Bertz CT molecular complexity index is 795. The molecule has 5 heteroatoms. The number of pyridine rings is 1. The van der Waals surface area contributed by atoms with Crippen LogP contribution in [0, 0.1) is 0 Å². The van der Waals surface area contributed by atoms with Crippen molar-refractivity contribution in [1.82, 2.24) is 4.98 Å². The van der Waals surface area contributed by atoms with Crippen molar-refractivity contribution in [3.63, 3.8) is 0 Å². The van der Waals surface area contributed by atoms with Crippen LogP contribution in [0.1, 0.15) is 29.3 Å². The third-order valence-corrected chi connectivity index (χ3v) is 3.58. The van der Waals surface area contributed by atoms with Gasteiger partial charge in [-0.3, -0.25) is 0 Å². The number of carboxylic acids is 1. The Balaban J connectivity index is 2.14. The van der Waals surface area contributed by atoms with Gasteiger partial charge in [0.2, 0.25) is 5.88 Å². The highest BCUT2D eigenvalue weighted by Crippen LogP contribution is 2.30. The fraction of sp³-hybridized carbons (Fsp3) is 0.222. The van der Waals surface area contributed by atoms with Gasteiger partial charge in [-0.2, -0.15) is 0 Å². The summed E-state index contributed by atoms with van der Waals surface area (Å²) in [5, 5.41) is 10.5. The number of allylic oxidation sites excluding steroid dienone is 2. The highest BCUT2D eigenvalue weighted by Gasteiger charge is 2.23. The van der Waals surface area contributed by atoms with Crippen LogP contribution in [-0.2, 0) is 11.2 Å². The third kappa shape index (κ3) is 3.04. The average molecular weight is 311 g/mol. The second kappa shape index (κ2) is 6.52. The van der Waals surface area contributed by atoms with Crippen molar-refractivity contribution in [1.29, 1.82) is 0 Å². The maximum Gasteiger partial charge on any atom is 0.341 e. The largest absolute Gasteiger partial charge is 0.477 e. The molecule has 0 aliphatic carbocycles. The van der Waals surface area contributed by atoms with E-state index in [9.17, 15) is 9.90 Å². The monoisotopic (exact) mass is 311 g/mol. The van der Waals surface area contributed by atoms with E-state index in [0.717, 1.165) is 17.4 Å².